The number of nitrogens with one attached hydrogen (secondary N) is 1. The van der Waals surface area contributed by atoms with E-state index in [1.807, 2.05) is 18.1 Å². The maximum atomic E-state index is 12.5. The molecule has 0 spiro atoms. The summed E-state index contributed by atoms with van der Waals surface area (Å²) in [6.45, 7) is 0.619. The highest BCUT2D eigenvalue weighted by molar-refractivity contribution is 5.79. The second-order valence-electron chi connectivity index (χ2n) is 5.51. The number of H-pyrrole nitrogens is 1. The van der Waals surface area contributed by atoms with Crippen molar-refractivity contribution in [2.24, 2.45) is 5.92 Å². The summed E-state index contributed by atoms with van der Waals surface area (Å²) in [5, 5.41) is 6.69. The first-order valence-electron chi connectivity index (χ1n) is 7.03. The van der Waals surface area contributed by atoms with Crippen LogP contribution >= 0.6 is 0 Å². The molecule has 0 saturated carbocycles. The van der Waals surface area contributed by atoms with Gasteiger partial charge in [-0.3, -0.25) is 9.89 Å². The Kier molecular flexibility index (Phi) is 3.54. The van der Waals surface area contributed by atoms with E-state index in [-0.39, 0.29) is 11.8 Å². The lowest BCUT2D eigenvalue weighted by atomic mass is 9.83. The van der Waals surface area contributed by atoms with Gasteiger partial charge in [0.2, 0.25) is 5.91 Å². The van der Waals surface area contributed by atoms with Crippen molar-refractivity contribution in [3.05, 3.63) is 53.3 Å². The monoisotopic (exact) mass is 269 g/mol. The van der Waals surface area contributed by atoms with Gasteiger partial charge < -0.3 is 4.90 Å². The Bertz CT molecular complexity index is 592. The van der Waals surface area contributed by atoms with E-state index in [0.717, 1.165) is 24.8 Å². The molecule has 0 aliphatic heterocycles. The van der Waals surface area contributed by atoms with Gasteiger partial charge in [-0.05, 0) is 30.4 Å². The molecule has 0 saturated heterocycles. The van der Waals surface area contributed by atoms with Gasteiger partial charge in [0, 0.05) is 31.3 Å². The molecule has 0 radical (unpaired) electrons. The zero-order valence-electron chi connectivity index (χ0n) is 11.7. The summed E-state index contributed by atoms with van der Waals surface area (Å²) in [5.74, 6) is 0.350. The van der Waals surface area contributed by atoms with E-state index in [4.69, 9.17) is 0 Å². The summed E-state index contributed by atoms with van der Waals surface area (Å²) < 4.78 is 0. The van der Waals surface area contributed by atoms with Crippen molar-refractivity contribution >= 4 is 5.91 Å². The van der Waals surface area contributed by atoms with Gasteiger partial charge in [-0.2, -0.15) is 5.10 Å². The average molecular weight is 269 g/mol. The molecule has 20 heavy (non-hydrogen) atoms. The summed E-state index contributed by atoms with van der Waals surface area (Å²) in [5.41, 5.74) is 3.76. The minimum absolute atomic E-state index is 0.113. The van der Waals surface area contributed by atoms with Crippen LogP contribution in [0.3, 0.4) is 0 Å². The van der Waals surface area contributed by atoms with Crippen LogP contribution in [0.15, 0.2) is 36.7 Å². The number of amides is 1. The number of nitrogens with zero attached hydrogens (tertiary/aromatic N) is 2. The molecule has 4 nitrogen and oxygen atoms in total. The quantitative estimate of drug-likeness (QED) is 0.928. The lowest BCUT2D eigenvalue weighted by molar-refractivity contribution is -0.135. The average Bonchev–Trinajstić information content (AvgIpc) is 2.99. The standard InChI is InChI=1S/C16H19N3O/c1-19(11-12-9-17-18-10-12)16(20)15-7-6-13-4-2-3-5-14(13)8-15/h2-5,9-10,15H,6-8,11H2,1H3,(H,17,18). The molecular weight excluding hydrogens is 250 g/mol. The SMILES string of the molecule is CN(Cc1cn[nH]c1)C(=O)C1CCc2ccccc2C1. The van der Waals surface area contributed by atoms with Crippen LogP contribution in [0.1, 0.15) is 23.1 Å². The number of aryl methyl sites for hydroxylation is 1. The lowest BCUT2D eigenvalue weighted by Gasteiger charge is -2.27. The predicted molar refractivity (Wildman–Crippen MR) is 77.0 cm³/mol. The molecule has 4 heteroatoms. The number of carbonyl (C=O) groups excluding carboxylic acids is 1. The molecule has 0 bridgehead atoms. The summed E-state index contributed by atoms with van der Waals surface area (Å²) in [6.07, 6.45) is 6.42. The Hall–Kier alpha value is -2.10. The van der Waals surface area contributed by atoms with Crippen LogP contribution in [0, 0.1) is 5.92 Å². The highest BCUT2D eigenvalue weighted by atomic mass is 16.2. The Morgan fingerprint density at radius 1 is 1.40 bits per heavy atom. The van der Waals surface area contributed by atoms with E-state index in [2.05, 4.69) is 34.5 Å². The highest BCUT2D eigenvalue weighted by Crippen LogP contribution is 2.26. The Balaban J connectivity index is 1.66. The van der Waals surface area contributed by atoms with Crippen molar-refractivity contribution in [2.45, 2.75) is 25.8 Å². The van der Waals surface area contributed by atoms with E-state index in [1.165, 1.54) is 11.1 Å². The lowest BCUT2D eigenvalue weighted by Crippen LogP contribution is -2.35. The zero-order chi connectivity index (χ0) is 13.9. The smallest absolute Gasteiger partial charge is 0.226 e. The third-order valence-electron chi connectivity index (χ3n) is 4.05. The van der Waals surface area contributed by atoms with Gasteiger partial charge >= 0.3 is 0 Å². The highest BCUT2D eigenvalue weighted by Gasteiger charge is 2.26. The number of aromatic amines is 1. The van der Waals surface area contributed by atoms with E-state index < -0.39 is 0 Å². The summed E-state index contributed by atoms with van der Waals surface area (Å²) in [7, 11) is 1.87. The first-order chi connectivity index (χ1) is 9.74. The van der Waals surface area contributed by atoms with Gasteiger partial charge in [-0.15, -0.1) is 0 Å². The molecule has 1 unspecified atom stereocenters. The first-order valence-corrected chi connectivity index (χ1v) is 7.03. The first kappa shape index (κ1) is 12.9. The van der Waals surface area contributed by atoms with Gasteiger partial charge in [-0.1, -0.05) is 24.3 Å². The number of rotatable bonds is 3. The van der Waals surface area contributed by atoms with Crippen LogP contribution in [-0.2, 0) is 24.2 Å². The Morgan fingerprint density at radius 2 is 2.20 bits per heavy atom. The number of aromatic nitrogens is 2. The summed E-state index contributed by atoms with van der Waals surface area (Å²) >= 11 is 0. The van der Waals surface area contributed by atoms with Crippen LogP contribution in [0.2, 0.25) is 0 Å². The number of hydrogen-bond acceptors (Lipinski definition) is 2. The fraction of sp³-hybridized carbons (Fsp3) is 0.375. The summed E-state index contributed by atoms with van der Waals surface area (Å²) in [4.78, 5) is 14.3. The number of hydrogen-bond donors (Lipinski definition) is 1. The van der Waals surface area contributed by atoms with Gasteiger partial charge in [0.05, 0.1) is 6.20 Å². The molecule has 1 heterocycles. The van der Waals surface area contributed by atoms with E-state index in [1.54, 1.807) is 6.20 Å². The largest absolute Gasteiger partial charge is 0.341 e. The molecule has 104 valence electrons. The molecule has 1 amide bonds. The Labute approximate surface area is 118 Å². The third kappa shape index (κ3) is 2.59. The minimum Gasteiger partial charge on any atom is -0.341 e. The second kappa shape index (κ2) is 5.49. The minimum atomic E-state index is 0.113. The van der Waals surface area contributed by atoms with E-state index >= 15 is 0 Å². The van der Waals surface area contributed by atoms with Crippen LogP contribution in [0.5, 0.6) is 0 Å². The molecule has 1 aromatic carbocycles. The van der Waals surface area contributed by atoms with E-state index in [9.17, 15) is 4.79 Å². The molecule has 1 aliphatic carbocycles. The molecule has 1 atom stereocenters. The fourth-order valence-electron chi connectivity index (χ4n) is 2.94. The van der Waals surface area contributed by atoms with Crippen molar-refractivity contribution in [3.8, 4) is 0 Å². The van der Waals surface area contributed by atoms with Crippen molar-refractivity contribution in [1.82, 2.24) is 15.1 Å². The number of fused-ring (bicyclic) bond motifs is 1. The topological polar surface area (TPSA) is 49.0 Å². The Morgan fingerprint density at radius 3 is 2.95 bits per heavy atom. The predicted octanol–water partition coefficient (Wildman–Crippen LogP) is 2.17. The van der Waals surface area contributed by atoms with Crippen molar-refractivity contribution in [2.75, 3.05) is 7.05 Å². The third-order valence-corrected chi connectivity index (χ3v) is 4.05. The van der Waals surface area contributed by atoms with Gasteiger partial charge in [-0.25, -0.2) is 0 Å². The maximum Gasteiger partial charge on any atom is 0.226 e. The van der Waals surface area contributed by atoms with Crippen LogP contribution < -0.4 is 0 Å². The fourth-order valence-corrected chi connectivity index (χ4v) is 2.94. The second-order valence-corrected chi connectivity index (χ2v) is 5.51. The molecule has 3 rings (SSSR count). The maximum absolute atomic E-state index is 12.5. The van der Waals surface area contributed by atoms with Crippen molar-refractivity contribution in [3.63, 3.8) is 0 Å². The van der Waals surface area contributed by atoms with Crippen LogP contribution in [0.25, 0.3) is 0 Å². The van der Waals surface area contributed by atoms with E-state index in [0.29, 0.717) is 6.54 Å². The number of carbonyl (C=O) groups is 1. The molecule has 0 fully saturated rings. The molecular formula is C16H19N3O. The number of benzene rings is 1. The summed E-state index contributed by atoms with van der Waals surface area (Å²) in [6, 6.07) is 8.45. The molecule has 2 aromatic rings. The molecule has 1 N–H and O–H groups in total. The van der Waals surface area contributed by atoms with Crippen molar-refractivity contribution < 1.29 is 4.79 Å². The molecule has 1 aliphatic rings. The normalized spacial score (nSPS) is 17.6. The van der Waals surface area contributed by atoms with Crippen molar-refractivity contribution in [1.29, 1.82) is 0 Å². The zero-order valence-corrected chi connectivity index (χ0v) is 11.7. The van der Waals surface area contributed by atoms with Gasteiger partial charge in [0.15, 0.2) is 0 Å². The van der Waals surface area contributed by atoms with Gasteiger partial charge in [0.1, 0.15) is 0 Å². The van der Waals surface area contributed by atoms with Crippen LogP contribution in [-0.4, -0.2) is 28.1 Å². The van der Waals surface area contributed by atoms with Gasteiger partial charge in [0.25, 0.3) is 0 Å². The molecule has 1 aromatic heterocycles. The van der Waals surface area contributed by atoms with Crippen LogP contribution in [0.4, 0.5) is 0 Å².